The van der Waals surface area contributed by atoms with Crippen molar-refractivity contribution in [1.29, 1.82) is 0 Å². The van der Waals surface area contributed by atoms with Gasteiger partial charge in [0.1, 0.15) is 23.6 Å². The van der Waals surface area contributed by atoms with E-state index in [1.54, 1.807) is 7.11 Å². The van der Waals surface area contributed by atoms with Gasteiger partial charge in [0.25, 0.3) is 0 Å². The maximum Gasteiger partial charge on any atom is 0.202 e. The lowest BCUT2D eigenvalue weighted by molar-refractivity contribution is -0.917. The summed E-state index contributed by atoms with van der Waals surface area (Å²) in [6.07, 6.45) is 0.877. The van der Waals surface area contributed by atoms with Gasteiger partial charge in [-0.15, -0.1) is 5.10 Å². The van der Waals surface area contributed by atoms with Gasteiger partial charge in [-0.25, -0.2) is 0 Å². The summed E-state index contributed by atoms with van der Waals surface area (Å²) < 4.78 is 15.9. The lowest BCUT2D eigenvalue weighted by Gasteiger charge is -2.14. The number of furan rings is 1. The quantitative estimate of drug-likeness (QED) is 0.462. The summed E-state index contributed by atoms with van der Waals surface area (Å²) in [5.74, 6) is 2.72. The van der Waals surface area contributed by atoms with Crippen molar-refractivity contribution in [2.75, 3.05) is 14.2 Å². The number of methoxy groups -OCH3 is 1. The van der Waals surface area contributed by atoms with Gasteiger partial charge < -0.3 is 18.6 Å². The fourth-order valence-corrected chi connectivity index (χ4v) is 4.02. The van der Waals surface area contributed by atoms with Crippen LogP contribution in [0.15, 0.2) is 52.9 Å². The van der Waals surface area contributed by atoms with Gasteiger partial charge in [0.2, 0.25) is 4.77 Å². The van der Waals surface area contributed by atoms with Gasteiger partial charge in [-0.2, -0.15) is 4.68 Å². The van der Waals surface area contributed by atoms with E-state index in [9.17, 15) is 0 Å². The predicted molar refractivity (Wildman–Crippen MR) is 120 cm³/mol. The molecule has 4 aromatic rings. The summed E-state index contributed by atoms with van der Waals surface area (Å²) in [5.41, 5.74) is 3.23. The molecule has 1 atom stereocenters. The number of quaternary nitrogens is 1. The first-order valence-electron chi connectivity index (χ1n) is 10.1. The number of benzene rings is 2. The standard InChI is InChI=1S/C23H26N4O2S/c1-5-20-19(18-8-6-7-9-21(18)29-20)14-25(2)15-27-23(30)26(3)22(24-27)16-10-12-17(28-4)13-11-16/h6-13H,5,14-15H2,1-4H3/p+1. The van der Waals surface area contributed by atoms with E-state index < -0.39 is 0 Å². The number of ether oxygens (including phenoxy) is 1. The number of para-hydroxylation sites is 1. The Balaban J connectivity index is 1.58. The summed E-state index contributed by atoms with van der Waals surface area (Å²) in [5, 5.41) is 5.99. The Bertz CT molecular complexity index is 1220. The molecule has 30 heavy (non-hydrogen) atoms. The number of hydrogen-bond donors (Lipinski definition) is 1. The summed E-state index contributed by atoms with van der Waals surface area (Å²) >= 11 is 5.66. The highest BCUT2D eigenvalue weighted by molar-refractivity contribution is 7.71. The second-order valence-electron chi connectivity index (χ2n) is 7.54. The van der Waals surface area contributed by atoms with Gasteiger partial charge in [-0.1, -0.05) is 25.1 Å². The van der Waals surface area contributed by atoms with Crippen LogP contribution in [-0.2, 0) is 26.7 Å². The second kappa shape index (κ2) is 8.45. The second-order valence-corrected chi connectivity index (χ2v) is 7.90. The molecule has 2 aromatic carbocycles. The molecule has 0 aliphatic carbocycles. The first kappa shape index (κ1) is 20.4. The number of aryl methyl sites for hydroxylation is 1. The zero-order valence-corrected chi connectivity index (χ0v) is 18.6. The Morgan fingerprint density at radius 2 is 1.87 bits per heavy atom. The largest absolute Gasteiger partial charge is 0.497 e. The van der Waals surface area contributed by atoms with Crippen LogP contribution < -0.4 is 9.64 Å². The van der Waals surface area contributed by atoms with Crippen molar-refractivity contribution in [1.82, 2.24) is 14.3 Å². The fraction of sp³-hybridized carbons (Fsp3) is 0.304. The third-order valence-electron chi connectivity index (χ3n) is 5.39. The average Bonchev–Trinajstić information content (AvgIpc) is 3.26. The van der Waals surface area contributed by atoms with Crippen LogP contribution in [0.3, 0.4) is 0 Å². The topological polar surface area (TPSA) is 49.6 Å². The maximum absolute atomic E-state index is 6.05. The zero-order valence-electron chi connectivity index (χ0n) is 17.8. The number of nitrogens with zero attached hydrogens (tertiary/aromatic N) is 3. The van der Waals surface area contributed by atoms with Crippen LogP contribution in [0.25, 0.3) is 22.4 Å². The van der Waals surface area contributed by atoms with E-state index in [2.05, 4.69) is 26.1 Å². The van der Waals surface area contributed by atoms with Crippen molar-refractivity contribution >= 4 is 23.2 Å². The van der Waals surface area contributed by atoms with E-state index in [-0.39, 0.29) is 0 Å². The lowest BCUT2D eigenvalue weighted by Crippen LogP contribution is -3.07. The Labute approximate surface area is 181 Å². The Morgan fingerprint density at radius 3 is 2.57 bits per heavy atom. The molecule has 0 amide bonds. The SMILES string of the molecule is CCc1oc2ccccc2c1C[NH+](C)Cn1nc(-c2ccc(OC)cc2)n(C)c1=S. The first-order chi connectivity index (χ1) is 14.5. The predicted octanol–water partition coefficient (Wildman–Crippen LogP) is 3.61. The van der Waals surface area contributed by atoms with Gasteiger partial charge in [-0.05, 0) is 42.5 Å². The van der Waals surface area contributed by atoms with Crippen LogP contribution in [0.4, 0.5) is 0 Å². The summed E-state index contributed by atoms with van der Waals surface area (Å²) in [6.45, 7) is 3.65. The van der Waals surface area contributed by atoms with Gasteiger partial charge in [0.05, 0.1) is 19.7 Å². The highest BCUT2D eigenvalue weighted by atomic mass is 32.1. The van der Waals surface area contributed by atoms with Gasteiger partial charge >= 0.3 is 0 Å². The highest BCUT2D eigenvalue weighted by Gasteiger charge is 2.18. The minimum Gasteiger partial charge on any atom is -0.497 e. The third kappa shape index (κ3) is 3.78. The smallest absolute Gasteiger partial charge is 0.202 e. The normalized spacial score (nSPS) is 12.4. The molecule has 0 bridgehead atoms. The third-order valence-corrected chi connectivity index (χ3v) is 5.87. The highest BCUT2D eigenvalue weighted by Crippen LogP contribution is 2.25. The summed E-state index contributed by atoms with van der Waals surface area (Å²) in [4.78, 5) is 1.28. The maximum atomic E-state index is 6.05. The van der Waals surface area contributed by atoms with Gasteiger partial charge in [0.15, 0.2) is 12.5 Å². The molecule has 6 nitrogen and oxygen atoms in total. The van der Waals surface area contributed by atoms with Crippen LogP contribution in [0.5, 0.6) is 5.75 Å². The molecule has 0 aliphatic rings. The molecule has 2 heterocycles. The van der Waals surface area contributed by atoms with Crippen molar-refractivity contribution in [3.05, 3.63) is 64.6 Å². The van der Waals surface area contributed by atoms with Crippen LogP contribution >= 0.6 is 12.2 Å². The number of rotatable bonds is 7. The van der Waals surface area contributed by atoms with E-state index in [1.807, 2.05) is 52.7 Å². The molecule has 1 unspecified atom stereocenters. The Kier molecular flexibility index (Phi) is 5.74. The Morgan fingerprint density at radius 1 is 1.13 bits per heavy atom. The molecule has 0 radical (unpaired) electrons. The average molecular weight is 424 g/mol. The van der Waals surface area contributed by atoms with Crippen LogP contribution in [0.2, 0.25) is 0 Å². The molecule has 0 fully saturated rings. The minimum absolute atomic E-state index is 0.672. The minimum atomic E-state index is 0.672. The van der Waals surface area contributed by atoms with E-state index in [0.717, 1.165) is 41.4 Å². The molecular weight excluding hydrogens is 396 g/mol. The molecule has 0 aliphatic heterocycles. The van der Waals surface area contributed by atoms with Crippen LogP contribution in [0.1, 0.15) is 18.2 Å². The number of nitrogens with one attached hydrogen (secondary N) is 1. The molecule has 2 aromatic heterocycles. The van der Waals surface area contributed by atoms with Crippen molar-refractivity contribution in [2.24, 2.45) is 7.05 Å². The first-order valence-corrected chi connectivity index (χ1v) is 10.5. The monoisotopic (exact) mass is 423 g/mol. The molecule has 0 saturated carbocycles. The van der Waals surface area contributed by atoms with Gasteiger partial charge in [-0.3, -0.25) is 0 Å². The lowest BCUT2D eigenvalue weighted by atomic mass is 10.1. The molecule has 1 N–H and O–H groups in total. The molecule has 0 spiro atoms. The molecular formula is C23H27N4O2S+. The molecule has 0 saturated heterocycles. The fourth-order valence-electron chi connectivity index (χ4n) is 3.82. The van der Waals surface area contributed by atoms with Crippen molar-refractivity contribution in [2.45, 2.75) is 26.6 Å². The van der Waals surface area contributed by atoms with E-state index in [4.69, 9.17) is 26.5 Å². The zero-order chi connectivity index (χ0) is 21.3. The van der Waals surface area contributed by atoms with Gasteiger partial charge in [0, 0.05) is 24.4 Å². The molecule has 4 rings (SSSR count). The Hall–Kier alpha value is -2.90. The van der Waals surface area contributed by atoms with Crippen LogP contribution in [0, 0.1) is 4.77 Å². The van der Waals surface area contributed by atoms with Crippen molar-refractivity contribution < 1.29 is 14.1 Å². The van der Waals surface area contributed by atoms with E-state index in [0.29, 0.717) is 11.4 Å². The van der Waals surface area contributed by atoms with Crippen molar-refractivity contribution in [3.63, 3.8) is 0 Å². The number of aromatic nitrogens is 3. The van der Waals surface area contributed by atoms with E-state index >= 15 is 0 Å². The van der Waals surface area contributed by atoms with E-state index in [1.165, 1.54) is 15.8 Å². The molecule has 156 valence electrons. The van der Waals surface area contributed by atoms with Crippen molar-refractivity contribution in [3.8, 4) is 17.1 Å². The summed E-state index contributed by atoms with van der Waals surface area (Å²) in [7, 11) is 5.78. The summed E-state index contributed by atoms with van der Waals surface area (Å²) in [6, 6.07) is 16.1. The number of fused-ring (bicyclic) bond motifs is 1. The van der Waals surface area contributed by atoms with Crippen LogP contribution in [-0.4, -0.2) is 28.5 Å². The number of hydrogen-bond acceptors (Lipinski definition) is 4. The molecule has 7 heteroatoms.